The zero-order chi connectivity index (χ0) is 16.3. The van der Waals surface area contributed by atoms with Crippen LogP contribution in [0.4, 0.5) is 4.79 Å². The van der Waals surface area contributed by atoms with E-state index in [1.807, 2.05) is 45.0 Å². The fourth-order valence-electron chi connectivity index (χ4n) is 2.34. The molecule has 22 heavy (non-hydrogen) atoms. The van der Waals surface area contributed by atoms with Crippen LogP contribution in [0.2, 0.25) is 0 Å². The number of hydrogen-bond acceptors (Lipinski definition) is 3. The lowest BCUT2D eigenvalue weighted by molar-refractivity contribution is 0.184. The van der Waals surface area contributed by atoms with Gasteiger partial charge in [-0.2, -0.15) is 0 Å². The predicted octanol–water partition coefficient (Wildman–Crippen LogP) is 3.69. The average Bonchev–Trinajstić information content (AvgIpc) is 2.86. The standard InChI is InChI=1S/C15H19BrN4O2/c1-4-9(2)13(17-15(21)22)14-10(3)18-19-20(14)12-7-5-11(16)6-8-12/h5-9,13,17H,4H2,1-3H3,(H,21,22). The maximum absolute atomic E-state index is 11.2. The Bertz CT molecular complexity index is 654. The number of aryl methyl sites for hydroxylation is 1. The van der Waals surface area contributed by atoms with Crippen LogP contribution < -0.4 is 5.32 Å². The molecule has 0 saturated carbocycles. The predicted molar refractivity (Wildman–Crippen MR) is 87.2 cm³/mol. The second kappa shape index (κ2) is 6.91. The zero-order valence-corrected chi connectivity index (χ0v) is 14.3. The van der Waals surface area contributed by atoms with Crippen molar-refractivity contribution in [3.63, 3.8) is 0 Å². The minimum Gasteiger partial charge on any atom is -0.465 e. The molecule has 0 radical (unpaired) electrons. The molecule has 0 bridgehead atoms. The summed E-state index contributed by atoms with van der Waals surface area (Å²) in [6, 6.07) is 7.30. The third-order valence-corrected chi connectivity index (χ3v) is 4.27. The SMILES string of the molecule is CCC(C)C(NC(=O)O)c1c(C)nnn1-c1ccc(Br)cc1. The Labute approximate surface area is 137 Å². The first-order valence-electron chi connectivity index (χ1n) is 7.11. The van der Waals surface area contributed by atoms with Crippen LogP contribution in [0, 0.1) is 12.8 Å². The number of nitrogens with one attached hydrogen (secondary N) is 1. The molecule has 1 aromatic carbocycles. The van der Waals surface area contributed by atoms with Crippen LogP contribution in [0.1, 0.15) is 37.7 Å². The van der Waals surface area contributed by atoms with Crippen molar-refractivity contribution in [2.75, 3.05) is 0 Å². The quantitative estimate of drug-likeness (QED) is 0.845. The molecule has 1 heterocycles. The van der Waals surface area contributed by atoms with Crippen LogP contribution in [0.15, 0.2) is 28.7 Å². The topological polar surface area (TPSA) is 80.0 Å². The number of nitrogens with zero attached hydrogens (tertiary/aromatic N) is 3. The Morgan fingerprint density at radius 2 is 2.05 bits per heavy atom. The highest BCUT2D eigenvalue weighted by atomic mass is 79.9. The van der Waals surface area contributed by atoms with Gasteiger partial charge in [0.05, 0.1) is 23.1 Å². The van der Waals surface area contributed by atoms with Gasteiger partial charge in [0.25, 0.3) is 0 Å². The summed E-state index contributed by atoms with van der Waals surface area (Å²) in [5.41, 5.74) is 2.35. The molecule has 118 valence electrons. The second-order valence-electron chi connectivity index (χ2n) is 5.26. The van der Waals surface area contributed by atoms with Gasteiger partial charge in [-0.15, -0.1) is 5.10 Å². The Morgan fingerprint density at radius 1 is 1.41 bits per heavy atom. The third kappa shape index (κ3) is 3.47. The van der Waals surface area contributed by atoms with Crippen LogP contribution in [0.3, 0.4) is 0 Å². The molecule has 0 saturated heterocycles. The van der Waals surface area contributed by atoms with Crippen molar-refractivity contribution in [3.8, 4) is 5.69 Å². The summed E-state index contributed by atoms with van der Waals surface area (Å²) in [4.78, 5) is 11.2. The van der Waals surface area contributed by atoms with Gasteiger partial charge in [-0.1, -0.05) is 41.4 Å². The number of benzene rings is 1. The number of halogens is 1. The molecular weight excluding hydrogens is 348 g/mol. The maximum Gasteiger partial charge on any atom is 0.405 e. The van der Waals surface area contributed by atoms with Crippen molar-refractivity contribution in [2.45, 2.75) is 33.2 Å². The van der Waals surface area contributed by atoms with E-state index in [-0.39, 0.29) is 12.0 Å². The first-order chi connectivity index (χ1) is 10.4. The minimum atomic E-state index is -1.05. The lowest BCUT2D eigenvalue weighted by Gasteiger charge is -2.24. The smallest absolute Gasteiger partial charge is 0.405 e. The largest absolute Gasteiger partial charge is 0.465 e. The first-order valence-corrected chi connectivity index (χ1v) is 7.91. The van der Waals surface area contributed by atoms with Crippen LogP contribution in [-0.2, 0) is 0 Å². The Balaban J connectivity index is 2.50. The van der Waals surface area contributed by atoms with E-state index >= 15 is 0 Å². The fourth-order valence-corrected chi connectivity index (χ4v) is 2.61. The Hall–Kier alpha value is -1.89. The van der Waals surface area contributed by atoms with Gasteiger partial charge in [0.15, 0.2) is 0 Å². The normalized spacial score (nSPS) is 13.6. The van der Waals surface area contributed by atoms with Crippen LogP contribution >= 0.6 is 15.9 Å². The van der Waals surface area contributed by atoms with Gasteiger partial charge in [0, 0.05) is 4.47 Å². The van der Waals surface area contributed by atoms with E-state index in [0.717, 1.165) is 28.0 Å². The molecule has 1 amide bonds. The molecule has 0 aliphatic rings. The number of rotatable bonds is 5. The molecule has 7 heteroatoms. The number of amides is 1. The molecule has 2 unspecified atom stereocenters. The third-order valence-electron chi connectivity index (χ3n) is 3.74. The van der Waals surface area contributed by atoms with Gasteiger partial charge in [-0.25, -0.2) is 9.48 Å². The molecule has 2 aromatic rings. The van der Waals surface area contributed by atoms with Gasteiger partial charge in [-0.05, 0) is 37.1 Å². The van der Waals surface area contributed by atoms with E-state index in [9.17, 15) is 4.79 Å². The van der Waals surface area contributed by atoms with Gasteiger partial charge < -0.3 is 10.4 Å². The highest BCUT2D eigenvalue weighted by Crippen LogP contribution is 2.28. The molecule has 2 rings (SSSR count). The summed E-state index contributed by atoms with van der Waals surface area (Å²) in [7, 11) is 0. The molecule has 0 aliphatic carbocycles. The minimum absolute atomic E-state index is 0.127. The van der Waals surface area contributed by atoms with Gasteiger partial charge in [0.2, 0.25) is 0 Å². The van der Waals surface area contributed by atoms with E-state index in [2.05, 4.69) is 31.6 Å². The van der Waals surface area contributed by atoms with Crippen LogP contribution in [0.25, 0.3) is 5.69 Å². The maximum atomic E-state index is 11.2. The van der Waals surface area contributed by atoms with Crippen molar-refractivity contribution in [1.82, 2.24) is 20.3 Å². The summed E-state index contributed by atoms with van der Waals surface area (Å²) in [5, 5.41) is 20.1. The van der Waals surface area contributed by atoms with E-state index in [4.69, 9.17) is 5.11 Å². The van der Waals surface area contributed by atoms with Crippen molar-refractivity contribution in [3.05, 3.63) is 40.1 Å². The van der Waals surface area contributed by atoms with Gasteiger partial charge >= 0.3 is 6.09 Å². The molecule has 0 aliphatic heterocycles. The highest BCUT2D eigenvalue weighted by Gasteiger charge is 2.27. The summed E-state index contributed by atoms with van der Waals surface area (Å²) in [5.74, 6) is 0.127. The Kier molecular flexibility index (Phi) is 5.18. The zero-order valence-electron chi connectivity index (χ0n) is 12.7. The van der Waals surface area contributed by atoms with Crippen molar-refractivity contribution in [1.29, 1.82) is 0 Å². The van der Waals surface area contributed by atoms with E-state index in [1.165, 1.54) is 0 Å². The molecule has 1 aromatic heterocycles. The fraction of sp³-hybridized carbons (Fsp3) is 0.400. The van der Waals surface area contributed by atoms with Gasteiger partial charge in [0.1, 0.15) is 0 Å². The number of hydrogen-bond donors (Lipinski definition) is 2. The average molecular weight is 367 g/mol. The second-order valence-corrected chi connectivity index (χ2v) is 6.18. The molecule has 0 fully saturated rings. The van der Waals surface area contributed by atoms with Crippen LogP contribution in [0.5, 0.6) is 0 Å². The molecular formula is C15H19BrN4O2. The molecule has 2 atom stereocenters. The number of carboxylic acid groups (broad SMARTS) is 1. The first kappa shape index (κ1) is 16.5. The Morgan fingerprint density at radius 3 is 2.59 bits per heavy atom. The number of aromatic nitrogens is 3. The number of carbonyl (C=O) groups is 1. The van der Waals surface area contributed by atoms with Gasteiger partial charge in [-0.3, -0.25) is 0 Å². The highest BCUT2D eigenvalue weighted by molar-refractivity contribution is 9.10. The summed E-state index contributed by atoms with van der Waals surface area (Å²) >= 11 is 3.40. The van der Waals surface area contributed by atoms with Crippen molar-refractivity contribution >= 4 is 22.0 Å². The molecule has 2 N–H and O–H groups in total. The van der Waals surface area contributed by atoms with Crippen molar-refractivity contribution in [2.24, 2.45) is 5.92 Å². The van der Waals surface area contributed by atoms with Crippen LogP contribution in [-0.4, -0.2) is 26.2 Å². The lowest BCUT2D eigenvalue weighted by atomic mass is 9.95. The van der Waals surface area contributed by atoms with Crippen molar-refractivity contribution < 1.29 is 9.90 Å². The summed E-state index contributed by atoms with van der Waals surface area (Å²) in [6.07, 6.45) is -0.205. The van der Waals surface area contributed by atoms with E-state index in [0.29, 0.717) is 0 Å². The van der Waals surface area contributed by atoms with E-state index in [1.54, 1.807) is 4.68 Å². The summed E-state index contributed by atoms with van der Waals surface area (Å²) in [6.45, 7) is 5.89. The molecule has 0 spiro atoms. The molecule has 6 nitrogen and oxygen atoms in total. The van der Waals surface area contributed by atoms with E-state index < -0.39 is 6.09 Å². The summed E-state index contributed by atoms with van der Waals surface area (Å²) < 4.78 is 2.67. The monoisotopic (exact) mass is 366 g/mol. The lowest BCUT2D eigenvalue weighted by Crippen LogP contribution is -2.33.